The third kappa shape index (κ3) is 3.57. The van der Waals surface area contributed by atoms with Crippen molar-refractivity contribution in [1.29, 1.82) is 0 Å². The summed E-state index contributed by atoms with van der Waals surface area (Å²) >= 11 is 0. The van der Waals surface area contributed by atoms with Crippen LogP contribution in [0.25, 0.3) is 0 Å². The van der Waals surface area contributed by atoms with Gasteiger partial charge in [0.25, 0.3) is 0 Å². The molecule has 0 aromatic heterocycles. The molecule has 1 aliphatic rings. The summed E-state index contributed by atoms with van der Waals surface area (Å²) in [6.07, 6.45) is 3.17. The number of primary amides is 1. The molecule has 0 bridgehead atoms. The highest BCUT2D eigenvalue weighted by molar-refractivity contribution is 5.94. The van der Waals surface area contributed by atoms with Crippen molar-refractivity contribution in [2.24, 2.45) is 17.6 Å². The summed E-state index contributed by atoms with van der Waals surface area (Å²) in [4.78, 5) is 11.5. The summed E-state index contributed by atoms with van der Waals surface area (Å²) in [6.45, 7) is 6.05. The van der Waals surface area contributed by atoms with Gasteiger partial charge in [0.1, 0.15) is 0 Å². The number of carbonyl (C=O) groups is 1. The zero-order chi connectivity index (χ0) is 13.8. The molecule has 1 aromatic rings. The van der Waals surface area contributed by atoms with E-state index in [2.05, 4.69) is 13.0 Å². The highest BCUT2D eigenvalue weighted by Crippen LogP contribution is 2.27. The Morgan fingerprint density at radius 3 is 2.74 bits per heavy atom. The van der Waals surface area contributed by atoms with Gasteiger partial charge in [-0.25, -0.2) is 0 Å². The summed E-state index contributed by atoms with van der Waals surface area (Å²) in [5.41, 5.74) is 8.40. The maximum absolute atomic E-state index is 11.5. The molecule has 0 aliphatic carbocycles. The molecular weight excluding hydrogens is 238 g/mol. The van der Waals surface area contributed by atoms with Crippen molar-refractivity contribution in [3.63, 3.8) is 0 Å². The molecule has 1 fully saturated rings. The van der Waals surface area contributed by atoms with Gasteiger partial charge in [0.05, 0.1) is 0 Å². The first-order chi connectivity index (χ1) is 9.08. The summed E-state index contributed by atoms with van der Waals surface area (Å²) < 4.78 is 5.41. The number of ether oxygens (including phenoxy) is 1. The number of amides is 1. The molecule has 1 aromatic carbocycles. The minimum Gasteiger partial charge on any atom is -0.381 e. The lowest BCUT2D eigenvalue weighted by Crippen LogP contribution is -2.24. The van der Waals surface area contributed by atoms with Crippen molar-refractivity contribution in [3.8, 4) is 0 Å². The Kier molecular flexibility index (Phi) is 4.59. The Bertz CT molecular complexity index is 450. The van der Waals surface area contributed by atoms with Crippen LogP contribution in [-0.2, 0) is 11.2 Å². The van der Waals surface area contributed by atoms with Crippen molar-refractivity contribution in [2.75, 3.05) is 13.2 Å². The predicted molar refractivity (Wildman–Crippen MR) is 76.1 cm³/mol. The second-order valence-corrected chi connectivity index (χ2v) is 5.66. The lowest BCUT2D eigenvalue weighted by molar-refractivity contribution is 0.0495. The van der Waals surface area contributed by atoms with E-state index in [1.54, 1.807) is 0 Å². The smallest absolute Gasteiger partial charge is 0.248 e. The van der Waals surface area contributed by atoms with E-state index in [9.17, 15) is 4.79 Å². The lowest BCUT2D eigenvalue weighted by Gasteiger charge is -2.28. The molecule has 1 atom stereocenters. The maximum Gasteiger partial charge on any atom is 0.248 e. The Labute approximate surface area is 115 Å². The number of carbonyl (C=O) groups excluding carboxylic acids is 1. The second-order valence-electron chi connectivity index (χ2n) is 5.66. The molecule has 0 radical (unpaired) electrons. The molecule has 1 amide bonds. The number of rotatable bonds is 4. The topological polar surface area (TPSA) is 52.3 Å². The van der Waals surface area contributed by atoms with Crippen LogP contribution in [0.4, 0.5) is 0 Å². The molecule has 0 saturated carbocycles. The number of nitrogens with two attached hydrogens (primary N) is 1. The van der Waals surface area contributed by atoms with E-state index in [0.29, 0.717) is 17.4 Å². The Morgan fingerprint density at radius 1 is 1.42 bits per heavy atom. The summed E-state index contributed by atoms with van der Waals surface area (Å²) in [7, 11) is 0. The van der Waals surface area contributed by atoms with Crippen molar-refractivity contribution < 1.29 is 9.53 Å². The van der Waals surface area contributed by atoms with Crippen molar-refractivity contribution in [2.45, 2.75) is 33.1 Å². The van der Waals surface area contributed by atoms with E-state index < -0.39 is 0 Å². The first-order valence-electron chi connectivity index (χ1n) is 7.05. The highest BCUT2D eigenvalue weighted by atomic mass is 16.5. The first kappa shape index (κ1) is 14.1. The minimum atomic E-state index is -0.325. The third-order valence-electron chi connectivity index (χ3n) is 4.14. The number of hydrogen-bond acceptors (Lipinski definition) is 2. The van der Waals surface area contributed by atoms with Gasteiger partial charge < -0.3 is 10.5 Å². The van der Waals surface area contributed by atoms with Crippen LogP contribution in [0.15, 0.2) is 18.2 Å². The van der Waals surface area contributed by atoms with Gasteiger partial charge in [0.2, 0.25) is 5.91 Å². The molecule has 1 saturated heterocycles. The Balaban J connectivity index is 2.12. The molecule has 0 spiro atoms. The van der Waals surface area contributed by atoms with Gasteiger partial charge in [-0.05, 0) is 49.7 Å². The van der Waals surface area contributed by atoms with Gasteiger partial charge in [-0.15, -0.1) is 0 Å². The van der Waals surface area contributed by atoms with Gasteiger partial charge in [0.15, 0.2) is 0 Å². The van der Waals surface area contributed by atoms with Crippen LogP contribution in [0.5, 0.6) is 0 Å². The summed E-state index contributed by atoms with van der Waals surface area (Å²) in [6, 6.07) is 5.89. The van der Waals surface area contributed by atoms with E-state index in [0.717, 1.165) is 38.0 Å². The Morgan fingerprint density at radius 2 is 2.11 bits per heavy atom. The van der Waals surface area contributed by atoms with Crippen LogP contribution in [0, 0.1) is 18.8 Å². The fourth-order valence-electron chi connectivity index (χ4n) is 2.93. The summed E-state index contributed by atoms with van der Waals surface area (Å²) in [5, 5.41) is 0. The SMILES string of the molecule is Cc1ccc(C(N)=O)c(CC(C)C2CCOCC2)c1. The van der Waals surface area contributed by atoms with Crippen molar-refractivity contribution in [1.82, 2.24) is 0 Å². The van der Waals surface area contributed by atoms with Gasteiger partial charge >= 0.3 is 0 Å². The molecule has 2 N–H and O–H groups in total. The largest absolute Gasteiger partial charge is 0.381 e. The molecule has 2 rings (SSSR count). The van der Waals surface area contributed by atoms with Crippen LogP contribution in [0.1, 0.15) is 41.3 Å². The van der Waals surface area contributed by atoms with Crippen LogP contribution >= 0.6 is 0 Å². The lowest BCUT2D eigenvalue weighted by atomic mass is 9.82. The van der Waals surface area contributed by atoms with Crippen LogP contribution in [0.3, 0.4) is 0 Å². The fraction of sp³-hybridized carbons (Fsp3) is 0.562. The highest BCUT2D eigenvalue weighted by Gasteiger charge is 2.22. The molecule has 3 nitrogen and oxygen atoms in total. The van der Waals surface area contributed by atoms with Crippen LogP contribution in [-0.4, -0.2) is 19.1 Å². The predicted octanol–water partition coefficient (Wildman–Crippen LogP) is 2.70. The standard InChI is InChI=1S/C16H23NO2/c1-11-3-4-15(16(17)18)14(9-11)10-12(2)13-5-7-19-8-6-13/h3-4,9,12-13H,5-8,10H2,1-2H3,(H2,17,18). The summed E-state index contributed by atoms with van der Waals surface area (Å²) in [5.74, 6) is 0.924. The molecule has 19 heavy (non-hydrogen) atoms. The van der Waals surface area contributed by atoms with Gasteiger partial charge in [0, 0.05) is 18.8 Å². The number of hydrogen-bond donors (Lipinski definition) is 1. The molecule has 104 valence electrons. The minimum absolute atomic E-state index is 0.325. The second kappa shape index (κ2) is 6.20. The quantitative estimate of drug-likeness (QED) is 0.906. The maximum atomic E-state index is 11.5. The zero-order valence-electron chi connectivity index (χ0n) is 11.8. The van der Waals surface area contributed by atoms with Crippen LogP contribution < -0.4 is 5.73 Å². The fourth-order valence-corrected chi connectivity index (χ4v) is 2.93. The van der Waals surface area contributed by atoms with Gasteiger partial charge in [-0.1, -0.05) is 24.6 Å². The van der Waals surface area contributed by atoms with E-state index in [1.165, 1.54) is 5.56 Å². The van der Waals surface area contributed by atoms with Gasteiger partial charge in [-0.3, -0.25) is 4.79 Å². The molecule has 1 aliphatic heterocycles. The number of benzene rings is 1. The number of aryl methyl sites for hydroxylation is 1. The average Bonchev–Trinajstić information content (AvgIpc) is 2.39. The molecule has 3 heteroatoms. The van der Waals surface area contributed by atoms with Crippen molar-refractivity contribution >= 4 is 5.91 Å². The molecule has 1 unspecified atom stereocenters. The van der Waals surface area contributed by atoms with Crippen molar-refractivity contribution in [3.05, 3.63) is 34.9 Å². The molecule has 1 heterocycles. The van der Waals surface area contributed by atoms with Crippen LogP contribution in [0.2, 0.25) is 0 Å². The normalized spacial score (nSPS) is 18.2. The zero-order valence-corrected chi connectivity index (χ0v) is 11.8. The van der Waals surface area contributed by atoms with Gasteiger partial charge in [-0.2, -0.15) is 0 Å². The average molecular weight is 261 g/mol. The third-order valence-corrected chi connectivity index (χ3v) is 4.14. The monoisotopic (exact) mass is 261 g/mol. The van der Waals surface area contributed by atoms with E-state index >= 15 is 0 Å². The molecular formula is C16H23NO2. The Hall–Kier alpha value is -1.35. The first-order valence-corrected chi connectivity index (χ1v) is 7.05. The van der Waals surface area contributed by atoms with E-state index in [4.69, 9.17) is 10.5 Å². The van der Waals surface area contributed by atoms with E-state index in [-0.39, 0.29) is 5.91 Å². The van der Waals surface area contributed by atoms with E-state index in [1.807, 2.05) is 19.1 Å².